The Kier molecular flexibility index (Phi) is 19.8. The molecule has 0 spiro atoms. The van der Waals surface area contributed by atoms with Crippen LogP contribution in [0.1, 0.15) is 67.6 Å². The Morgan fingerprint density at radius 3 is 1.47 bits per heavy atom. The Bertz CT molecular complexity index is 2510. The van der Waals surface area contributed by atoms with Crippen molar-refractivity contribution in [3.05, 3.63) is 137 Å². The van der Waals surface area contributed by atoms with Gasteiger partial charge in [-0.2, -0.15) is 0 Å². The molecule has 5 amide bonds. The first-order chi connectivity index (χ1) is 30.2. The largest absolute Gasteiger partial charge is 0.425 e. The monoisotopic (exact) mass is 916 g/mol. The minimum Gasteiger partial charge on any atom is -0.425 e. The maximum atomic E-state index is 14.2. The zero-order chi connectivity index (χ0) is 46.1. The number of nitrogens with one attached hydrogen (secondary N) is 3. The van der Waals surface area contributed by atoms with E-state index in [4.69, 9.17) is 10.5 Å². The van der Waals surface area contributed by atoms with Crippen LogP contribution in [0.2, 0.25) is 0 Å². The fraction of sp³-hybridized carbons (Fsp3) is 0.359. The van der Waals surface area contributed by atoms with Crippen LogP contribution < -0.4 is 43.9 Å². The van der Waals surface area contributed by atoms with Gasteiger partial charge in [-0.3, -0.25) is 43.2 Å². The zero-order valence-electron chi connectivity index (χ0n) is 34.2. The van der Waals surface area contributed by atoms with Crippen LogP contribution >= 0.6 is 12.4 Å². The number of carbonyl (C=O) groups is 5. The zero-order valence-corrected chi connectivity index (χ0v) is 35.1. The summed E-state index contributed by atoms with van der Waals surface area (Å²) in [6, 6.07) is 12.5. The van der Waals surface area contributed by atoms with E-state index in [2.05, 4.69) is 16.0 Å². The third kappa shape index (κ3) is 13.5. The highest BCUT2D eigenvalue weighted by Crippen LogP contribution is 2.16. The second-order valence-corrected chi connectivity index (χ2v) is 13.6. The molecule has 0 fully saturated rings. The summed E-state index contributed by atoms with van der Waals surface area (Å²) in [4.78, 5) is 118. The first kappa shape index (κ1) is 50.9. The average molecular weight is 917 g/mol. The maximum Gasteiger partial charge on any atom is 0.283 e. The standard InChI is InChI=1S/C39H48N10O14.ClH/c40-17-24-63-25-20-43-35(54)26(45(39(58)30-11-4-16-34(53)49(30)62)23-7-19-42-37(56)28-9-2-14-32(51)47(28)60)12-5-21-44(38(57)29-10-3-15-33(52)48(29)61)22-6-18-41-36(55)27-8-1-13-31(50)46(27)59;/h1-4,8-11,13-16,26,59-62H,5-7,12,17-25,40H2,(H,41,55)(H,42,56)(H,43,54);1H. The molecule has 346 valence electrons. The average Bonchev–Trinajstić information content (AvgIpc) is 3.26. The first-order valence-corrected chi connectivity index (χ1v) is 19.5. The van der Waals surface area contributed by atoms with E-state index in [0.717, 1.165) is 35.2 Å². The van der Waals surface area contributed by atoms with Gasteiger partial charge in [0.15, 0.2) is 0 Å². The van der Waals surface area contributed by atoms with Crippen molar-refractivity contribution in [3.8, 4) is 0 Å². The Labute approximate surface area is 368 Å². The number of hydrogen-bond donors (Lipinski definition) is 8. The van der Waals surface area contributed by atoms with Gasteiger partial charge in [0.25, 0.3) is 45.9 Å². The van der Waals surface area contributed by atoms with Gasteiger partial charge in [0.1, 0.15) is 28.8 Å². The molecule has 1 atom stereocenters. The maximum absolute atomic E-state index is 14.2. The summed E-state index contributed by atoms with van der Waals surface area (Å²) >= 11 is 0. The number of rotatable bonds is 23. The van der Waals surface area contributed by atoms with Gasteiger partial charge in [0, 0.05) is 70.1 Å². The number of nitrogens with two attached hydrogens (primary N) is 1. The lowest BCUT2D eigenvalue weighted by molar-refractivity contribution is -0.126. The lowest BCUT2D eigenvalue weighted by Crippen LogP contribution is -2.52. The van der Waals surface area contributed by atoms with Crippen molar-refractivity contribution in [1.82, 2.24) is 44.7 Å². The van der Waals surface area contributed by atoms with Gasteiger partial charge >= 0.3 is 0 Å². The molecule has 4 heterocycles. The van der Waals surface area contributed by atoms with Crippen molar-refractivity contribution in [1.29, 1.82) is 0 Å². The number of amides is 5. The van der Waals surface area contributed by atoms with E-state index in [1.165, 1.54) is 47.4 Å². The predicted octanol–water partition coefficient (Wildman–Crippen LogP) is -1.83. The smallest absolute Gasteiger partial charge is 0.283 e. The Morgan fingerprint density at radius 2 is 0.984 bits per heavy atom. The highest BCUT2D eigenvalue weighted by Gasteiger charge is 2.32. The number of aromatic nitrogens is 4. The van der Waals surface area contributed by atoms with Crippen molar-refractivity contribution < 1.29 is 49.5 Å². The van der Waals surface area contributed by atoms with Crippen LogP contribution in [0, 0.1) is 0 Å². The number of halogens is 1. The summed E-state index contributed by atoms with van der Waals surface area (Å²) in [6.07, 6.45) is -0.185. The third-order valence-corrected chi connectivity index (χ3v) is 9.31. The number of pyridine rings is 4. The lowest BCUT2D eigenvalue weighted by atomic mass is 10.1. The summed E-state index contributed by atoms with van der Waals surface area (Å²) in [7, 11) is 0. The summed E-state index contributed by atoms with van der Waals surface area (Å²) in [5.41, 5.74) is 0.286. The second kappa shape index (κ2) is 24.9. The lowest BCUT2D eigenvalue weighted by Gasteiger charge is -2.32. The highest BCUT2D eigenvalue weighted by atomic mass is 35.5. The minimum absolute atomic E-state index is 0. The quantitative estimate of drug-likeness (QED) is 0.0300. The van der Waals surface area contributed by atoms with E-state index in [1.54, 1.807) is 0 Å². The molecule has 0 bridgehead atoms. The van der Waals surface area contributed by atoms with E-state index in [1.807, 2.05) is 0 Å². The number of ether oxygens (including phenoxy) is 1. The molecule has 4 aromatic rings. The molecular weight excluding hydrogens is 868 g/mol. The molecule has 24 nitrogen and oxygen atoms in total. The number of carbonyl (C=O) groups excluding carboxylic acids is 5. The van der Waals surface area contributed by atoms with Crippen LogP contribution in [0.3, 0.4) is 0 Å². The van der Waals surface area contributed by atoms with Gasteiger partial charge in [-0.1, -0.05) is 24.3 Å². The molecule has 4 aromatic heterocycles. The normalized spacial score (nSPS) is 11.1. The van der Waals surface area contributed by atoms with Crippen molar-refractivity contribution in [2.75, 3.05) is 59.0 Å². The first-order valence-electron chi connectivity index (χ1n) is 19.5. The van der Waals surface area contributed by atoms with Gasteiger partial charge in [0.05, 0.1) is 13.2 Å². The highest BCUT2D eigenvalue weighted by molar-refractivity contribution is 5.96. The van der Waals surface area contributed by atoms with Gasteiger partial charge in [-0.25, -0.2) is 0 Å². The number of hydrogen-bond acceptors (Lipinski definition) is 15. The molecule has 0 radical (unpaired) electrons. The molecule has 0 saturated carbocycles. The fourth-order valence-corrected chi connectivity index (χ4v) is 6.17. The summed E-state index contributed by atoms with van der Waals surface area (Å²) in [5.74, 6) is -4.14. The molecule has 4 rings (SSSR count). The molecule has 0 aromatic carbocycles. The van der Waals surface area contributed by atoms with Crippen LogP contribution in [0.4, 0.5) is 0 Å². The van der Waals surface area contributed by atoms with Crippen LogP contribution in [-0.4, -0.2) is 144 Å². The third-order valence-electron chi connectivity index (χ3n) is 9.31. The van der Waals surface area contributed by atoms with E-state index < -0.39 is 69.2 Å². The molecular formula is C39H49ClN10O14. The molecule has 0 aliphatic rings. The van der Waals surface area contributed by atoms with Crippen molar-refractivity contribution in [2.24, 2.45) is 5.73 Å². The predicted molar refractivity (Wildman–Crippen MR) is 226 cm³/mol. The van der Waals surface area contributed by atoms with Crippen LogP contribution in [0.15, 0.2) is 92.0 Å². The Hall–Kier alpha value is -7.44. The molecule has 0 aliphatic heterocycles. The molecule has 0 aliphatic carbocycles. The van der Waals surface area contributed by atoms with Gasteiger partial charge in [0.2, 0.25) is 5.91 Å². The summed E-state index contributed by atoms with van der Waals surface area (Å²) in [5, 5.41) is 48.6. The topological polar surface area (TPSA) is 332 Å². The van der Waals surface area contributed by atoms with Crippen LogP contribution in [0.5, 0.6) is 0 Å². The second-order valence-electron chi connectivity index (χ2n) is 13.6. The van der Waals surface area contributed by atoms with Crippen LogP contribution in [0.25, 0.3) is 0 Å². The van der Waals surface area contributed by atoms with Crippen molar-refractivity contribution >= 4 is 41.9 Å². The summed E-state index contributed by atoms with van der Waals surface area (Å²) < 4.78 is 5.94. The van der Waals surface area contributed by atoms with Crippen molar-refractivity contribution in [2.45, 2.75) is 31.7 Å². The van der Waals surface area contributed by atoms with E-state index in [-0.39, 0.29) is 127 Å². The minimum atomic E-state index is -1.37. The van der Waals surface area contributed by atoms with E-state index >= 15 is 0 Å². The molecule has 25 heteroatoms. The number of nitrogens with zero attached hydrogens (tertiary/aromatic N) is 6. The van der Waals surface area contributed by atoms with Crippen molar-refractivity contribution in [3.63, 3.8) is 0 Å². The van der Waals surface area contributed by atoms with Gasteiger partial charge in [-0.05, 0) is 49.9 Å². The Morgan fingerprint density at radius 1 is 0.562 bits per heavy atom. The van der Waals surface area contributed by atoms with Gasteiger partial charge < -0.3 is 57.0 Å². The van der Waals surface area contributed by atoms with E-state index in [9.17, 15) is 64.0 Å². The van der Waals surface area contributed by atoms with Crippen LogP contribution in [-0.2, 0) is 9.53 Å². The molecule has 9 N–H and O–H groups in total. The summed E-state index contributed by atoms with van der Waals surface area (Å²) in [6.45, 7) is -0.375. The fourth-order valence-electron chi connectivity index (χ4n) is 6.17. The molecule has 1 unspecified atom stereocenters. The molecule has 0 saturated heterocycles. The van der Waals surface area contributed by atoms with E-state index in [0.29, 0.717) is 0 Å². The Balaban J connectivity index is 0.0000109. The molecule has 64 heavy (non-hydrogen) atoms. The van der Waals surface area contributed by atoms with Gasteiger partial charge in [-0.15, -0.1) is 31.3 Å². The SMILES string of the molecule is Cl.NCCOCCNC(=O)C(CCCN(CCCNC(=O)c1cccc(=O)n1O)C(=O)c1cccc(=O)n1O)N(CCCNC(=O)c1cccc(=O)n1O)C(=O)c1cccc(=O)n1O.